The summed E-state index contributed by atoms with van der Waals surface area (Å²) in [5.41, 5.74) is 2.38. The van der Waals surface area contributed by atoms with Gasteiger partial charge in [-0.2, -0.15) is 0 Å². The zero-order valence-corrected chi connectivity index (χ0v) is 12.9. The smallest absolute Gasteiger partial charge is 0.188 e. The summed E-state index contributed by atoms with van der Waals surface area (Å²) in [4.78, 5) is 0. The average molecular weight is 300 g/mol. The lowest BCUT2D eigenvalue weighted by Gasteiger charge is -2.26. The maximum absolute atomic E-state index is 6.14. The molecule has 1 aliphatic heterocycles. The van der Waals surface area contributed by atoms with Crippen molar-refractivity contribution >= 4 is 0 Å². The summed E-state index contributed by atoms with van der Waals surface area (Å²) in [6, 6.07) is 14.0. The van der Waals surface area contributed by atoms with Crippen molar-refractivity contribution in [1.82, 2.24) is 0 Å². The van der Waals surface area contributed by atoms with Gasteiger partial charge in [-0.25, -0.2) is 0 Å². The van der Waals surface area contributed by atoms with Gasteiger partial charge in [0.15, 0.2) is 6.79 Å². The Balaban J connectivity index is 1.73. The van der Waals surface area contributed by atoms with Crippen LogP contribution in [0.3, 0.4) is 0 Å². The van der Waals surface area contributed by atoms with E-state index in [0.717, 1.165) is 35.7 Å². The molecule has 2 aromatic carbocycles. The van der Waals surface area contributed by atoms with Crippen molar-refractivity contribution in [2.45, 2.75) is 18.9 Å². The number of benzene rings is 2. The summed E-state index contributed by atoms with van der Waals surface area (Å²) in [6.45, 7) is 0.256. The number of hydrogen-bond donors (Lipinski definition) is 0. The summed E-state index contributed by atoms with van der Waals surface area (Å²) in [5, 5.41) is 0. The highest BCUT2D eigenvalue weighted by molar-refractivity contribution is 5.43. The first-order chi connectivity index (χ1) is 10.8. The number of methoxy groups -OCH3 is 2. The third kappa shape index (κ3) is 3.17. The van der Waals surface area contributed by atoms with Crippen LogP contribution in [0.5, 0.6) is 17.2 Å². The Kier molecular flexibility index (Phi) is 4.49. The molecule has 22 heavy (non-hydrogen) atoms. The molecule has 0 amide bonds. The van der Waals surface area contributed by atoms with Crippen LogP contribution in [0.4, 0.5) is 0 Å². The van der Waals surface area contributed by atoms with E-state index in [1.165, 1.54) is 5.56 Å². The molecule has 3 rings (SSSR count). The lowest BCUT2D eigenvalue weighted by molar-refractivity contribution is 0.0511. The summed E-state index contributed by atoms with van der Waals surface area (Å²) in [6.07, 6.45) is 2.04. The number of fused-ring (bicyclic) bond motifs is 1. The van der Waals surface area contributed by atoms with Gasteiger partial charge in [-0.1, -0.05) is 18.2 Å². The molecule has 0 spiro atoms. The monoisotopic (exact) mass is 300 g/mol. The molecular weight excluding hydrogens is 280 g/mol. The second kappa shape index (κ2) is 6.71. The first-order valence-corrected chi connectivity index (χ1v) is 7.35. The average Bonchev–Trinajstić information content (AvgIpc) is 2.59. The Morgan fingerprint density at radius 1 is 1.05 bits per heavy atom. The zero-order valence-electron chi connectivity index (χ0n) is 12.9. The minimum atomic E-state index is 0.0658. The Hall–Kier alpha value is -2.20. The van der Waals surface area contributed by atoms with Crippen molar-refractivity contribution in [3.63, 3.8) is 0 Å². The van der Waals surface area contributed by atoms with Crippen LogP contribution in [0.2, 0.25) is 0 Å². The lowest BCUT2D eigenvalue weighted by Crippen LogP contribution is -2.15. The van der Waals surface area contributed by atoms with Crippen molar-refractivity contribution in [3.05, 3.63) is 53.6 Å². The predicted molar refractivity (Wildman–Crippen MR) is 83.6 cm³/mol. The van der Waals surface area contributed by atoms with Crippen LogP contribution in [0.25, 0.3) is 0 Å². The highest BCUT2D eigenvalue weighted by Gasteiger charge is 2.21. The van der Waals surface area contributed by atoms with Crippen LogP contribution in [0.1, 0.15) is 23.7 Å². The van der Waals surface area contributed by atoms with Gasteiger partial charge in [0.2, 0.25) is 0 Å². The third-order valence-electron chi connectivity index (χ3n) is 3.81. The van der Waals surface area contributed by atoms with Crippen LogP contribution in [0.15, 0.2) is 42.5 Å². The Morgan fingerprint density at radius 3 is 2.55 bits per heavy atom. The van der Waals surface area contributed by atoms with Gasteiger partial charge in [-0.05, 0) is 42.2 Å². The number of hydrogen-bond acceptors (Lipinski definition) is 4. The highest BCUT2D eigenvalue weighted by Crippen LogP contribution is 2.37. The Bertz CT molecular complexity index is 621. The summed E-state index contributed by atoms with van der Waals surface area (Å²) in [7, 11) is 3.27. The van der Waals surface area contributed by atoms with Crippen molar-refractivity contribution in [2.24, 2.45) is 0 Å². The van der Waals surface area contributed by atoms with Gasteiger partial charge in [-0.15, -0.1) is 0 Å². The minimum absolute atomic E-state index is 0.0658. The van der Waals surface area contributed by atoms with Crippen LogP contribution >= 0.6 is 0 Å². The summed E-state index contributed by atoms with van der Waals surface area (Å²) < 4.78 is 21.7. The van der Waals surface area contributed by atoms with Gasteiger partial charge < -0.3 is 18.9 Å². The molecule has 4 nitrogen and oxygen atoms in total. The van der Waals surface area contributed by atoms with Crippen LogP contribution < -0.4 is 14.2 Å². The molecule has 0 aliphatic carbocycles. The van der Waals surface area contributed by atoms with Gasteiger partial charge in [0.05, 0.1) is 7.11 Å². The van der Waals surface area contributed by atoms with E-state index in [1.807, 2.05) is 36.4 Å². The molecule has 0 unspecified atom stereocenters. The standard InChI is InChI=1S/C18H20O4/c1-19-12-21-15-7-3-13(4-8-15)17-10-6-14-5-9-16(20-2)11-18(14)22-17/h3-5,7-9,11,17H,6,10,12H2,1-2H3/t17-/m1/s1. The molecule has 4 heteroatoms. The first-order valence-electron chi connectivity index (χ1n) is 7.35. The molecule has 0 saturated heterocycles. The van der Waals surface area contributed by atoms with E-state index in [9.17, 15) is 0 Å². The van der Waals surface area contributed by atoms with Crippen LogP contribution in [-0.2, 0) is 11.2 Å². The molecule has 116 valence electrons. The fourth-order valence-corrected chi connectivity index (χ4v) is 2.62. The highest BCUT2D eigenvalue weighted by atomic mass is 16.7. The van der Waals surface area contributed by atoms with Crippen LogP contribution in [0, 0.1) is 0 Å². The van der Waals surface area contributed by atoms with E-state index in [4.69, 9.17) is 18.9 Å². The van der Waals surface area contributed by atoms with Crippen molar-refractivity contribution in [2.75, 3.05) is 21.0 Å². The van der Waals surface area contributed by atoms with Crippen molar-refractivity contribution < 1.29 is 18.9 Å². The molecule has 1 atom stereocenters. The molecule has 0 aromatic heterocycles. The van der Waals surface area contributed by atoms with Crippen molar-refractivity contribution in [3.8, 4) is 17.2 Å². The molecular formula is C18H20O4. The van der Waals surface area contributed by atoms with E-state index in [-0.39, 0.29) is 12.9 Å². The lowest BCUT2D eigenvalue weighted by atomic mass is 9.97. The van der Waals surface area contributed by atoms with Gasteiger partial charge in [0.25, 0.3) is 0 Å². The summed E-state index contributed by atoms with van der Waals surface area (Å²) >= 11 is 0. The molecule has 2 aromatic rings. The normalized spacial score (nSPS) is 16.5. The topological polar surface area (TPSA) is 36.9 Å². The van der Waals surface area contributed by atoms with E-state index >= 15 is 0 Å². The fourth-order valence-electron chi connectivity index (χ4n) is 2.62. The quantitative estimate of drug-likeness (QED) is 0.788. The Morgan fingerprint density at radius 2 is 1.82 bits per heavy atom. The minimum Gasteiger partial charge on any atom is -0.497 e. The summed E-state index contributed by atoms with van der Waals surface area (Å²) in [5.74, 6) is 2.53. The number of rotatable bonds is 5. The van der Waals surface area contributed by atoms with Gasteiger partial charge in [-0.3, -0.25) is 0 Å². The molecule has 1 heterocycles. The van der Waals surface area contributed by atoms with Gasteiger partial charge in [0, 0.05) is 13.2 Å². The molecule has 1 aliphatic rings. The molecule has 0 fully saturated rings. The SMILES string of the molecule is COCOc1ccc([C@H]2CCc3ccc(OC)cc3O2)cc1. The van der Waals surface area contributed by atoms with E-state index in [0.29, 0.717) is 0 Å². The molecule has 0 N–H and O–H groups in total. The van der Waals surface area contributed by atoms with E-state index in [2.05, 4.69) is 6.07 Å². The number of aryl methyl sites for hydroxylation is 1. The Labute approximate surface area is 130 Å². The molecule has 0 radical (unpaired) electrons. The first kappa shape index (κ1) is 14.7. The van der Waals surface area contributed by atoms with Crippen molar-refractivity contribution in [1.29, 1.82) is 0 Å². The predicted octanol–water partition coefficient (Wildman–Crippen LogP) is 3.74. The maximum Gasteiger partial charge on any atom is 0.188 e. The third-order valence-corrected chi connectivity index (χ3v) is 3.81. The van der Waals surface area contributed by atoms with E-state index in [1.54, 1.807) is 14.2 Å². The fraction of sp³-hybridized carbons (Fsp3) is 0.333. The second-order valence-corrected chi connectivity index (χ2v) is 5.24. The van der Waals surface area contributed by atoms with Gasteiger partial charge in [0.1, 0.15) is 23.4 Å². The van der Waals surface area contributed by atoms with E-state index < -0.39 is 0 Å². The second-order valence-electron chi connectivity index (χ2n) is 5.24. The molecule has 0 bridgehead atoms. The maximum atomic E-state index is 6.14. The largest absolute Gasteiger partial charge is 0.497 e. The van der Waals surface area contributed by atoms with Crippen LogP contribution in [-0.4, -0.2) is 21.0 Å². The number of ether oxygens (including phenoxy) is 4. The zero-order chi connectivity index (χ0) is 15.4. The molecule has 0 saturated carbocycles. The van der Waals surface area contributed by atoms with Gasteiger partial charge >= 0.3 is 0 Å².